The van der Waals surface area contributed by atoms with E-state index in [4.69, 9.17) is 9.31 Å². The summed E-state index contributed by atoms with van der Waals surface area (Å²) in [7, 11) is -3.63. The van der Waals surface area contributed by atoms with E-state index in [-0.39, 0.29) is 30.2 Å². The Morgan fingerprint density at radius 3 is 1.96 bits per heavy atom. The third-order valence-corrected chi connectivity index (χ3v) is 6.92. The normalized spacial score (nSPS) is 27.1. The average Bonchev–Trinajstić information content (AvgIpc) is 2.71. The first-order valence-corrected chi connectivity index (χ1v) is 9.87. The summed E-state index contributed by atoms with van der Waals surface area (Å²) in [5, 5.41) is 10.6. The monoisotopic (exact) mass is 354 g/mol. The number of hydrogen-bond acceptors (Lipinski definition) is 7. The van der Waals surface area contributed by atoms with Crippen LogP contribution in [0.4, 0.5) is 0 Å². The van der Waals surface area contributed by atoms with E-state index < -0.39 is 33.8 Å². The third-order valence-electron chi connectivity index (χ3n) is 5.27. The van der Waals surface area contributed by atoms with Gasteiger partial charge in [0.15, 0.2) is 15.7 Å². The molecule has 2 fully saturated rings. The zero-order valence-electron chi connectivity index (χ0n) is 14.4. The van der Waals surface area contributed by atoms with Gasteiger partial charge >= 0.3 is 7.12 Å². The van der Waals surface area contributed by atoms with Crippen LogP contribution in [0.2, 0.25) is 0 Å². The number of sulfone groups is 1. The zero-order chi connectivity index (χ0) is 17.8. The molecule has 132 valence electrons. The molecule has 2 aliphatic heterocycles. The average molecular weight is 354 g/mol. The molecule has 24 heavy (non-hydrogen) atoms. The fraction of sp³-hybridized carbons (Fsp3) is 0.733. The van der Waals surface area contributed by atoms with Crippen LogP contribution in [-0.4, -0.2) is 53.3 Å². The molecule has 7 nitrogen and oxygen atoms in total. The maximum Gasteiger partial charge on any atom is 0.498 e. The van der Waals surface area contributed by atoms with Crippen molar-refractivity contribution in [2.24, 2.45) is 0 Å². The van der Waals surface area contributed by atoms with Crippen LogP contribution in [0.3, 0.4) is 0 Å². The SMILES string of the molecule is CC1(C)OB(c2cnc(C3(O)CCS(=O)(=O)CC3)nc2)OC1(C)C. The molecule has 1 N–H and O–H groups in total. The second kappa shape index (κ2) is 5.49. The minimum Gasteiger partial charge on any atom is -0.399 e. The summed E-state index contributed by atoms with van der Waals surface area (Å²) < 4.78 is 35.0. The van der Waals surface area contributed by atoms with Gasteiger partial charge in [-0.15, -0.1) is 0 Å². The molecule has 0 unspecified atom stereocenters. The van der Waals surface area contributed by atoms with Gasteiger partial charge in [0.1, 0.15) is 5.60 Å². The molecule has 3 rings (SSSR count). The maximum absolute atomic E-state index is 11.5. The lowest BCUT2D eigenvalue weighted by Gasteiger charge is -2.32. The first-order valence-electron chi connectivity index (χ1n) is 8.05. The van der Waals surface area contributed by atoms with E-state index in [1.807, 2.05) is 27.7 Å². The molecule has 0 atom stereocenters. The predicted molar refractivity (Wildman–Crippen MR) is 89.5 cm³/mol. The van der Waals surface area contributed by atoms with E-state index in [2.05, 4.69) is 9.97 Å². The lowest BCUT2D eigenvalue weighted by molar-refractivity contribution is 0.00578. The Morgan fingerprint density at radius 2 is 1.50 bits per heavy atom. The smallest absolute Gasteiger partial charge is 0.399 e. The van der Waals surface area contributed by atoms with Gasteiger partial charge in [-0.3, -0.25) is 0 Å². The molecule has 2 aliphatic rings. The fourth-order valence-electron chi connectivity index (χ4n) is 2.78. The highest BCUT2D eigenvalue weighted by Gasteiger charge is 2.52. The van der Waals surface area contributed by atoms with Gasteiger partial charge < -0.3 is 14.4 Å². The molecule has 0 aliphatic carbocycles. The van der Waals surface area contributed by atoms with E-state index in [1.165, 1.54) is 0 Å². The van der Waals surface area contributed by atoms with Crippen LogP contribution in [-0.2, 0) is 24.7 Å². The minimum atomic E-state index is -3.06. The summed E-state index contributed by atoms with van der Waals surface area (Å²) >= 11 is 0. The van der Waals surface area contributed by atoms with Gasteiger partial charge in [0.05, 0.1) is 22.7 Å². The molecule has 1 aromatic rings. The lowest BCUT2D eigenvalue weighted by Crippen LogP contribution is -2.41. The van der Waals surface area contributed by atoms with Crippen molar-refractivity contribution in [1.82, 2.24) is 9.97 Å². The molecule has 0 aromatic carbocycles. The number of hydrogen-bond donors (Lipinski definition) is 1. The number of rotatable bonds is 2. The Bertz CT molecular complexity index is 703. The molecule has 0 radical (unpaired) electrons. The Balaban J connectivity index is 1.77. The van der Waals surface area contributed by atoms with E-state index in [0.717, 1.165) is 0 Å². The Morgan fingerprint density at radius 1 is 1.04 bits per heavy atom. The van der Waals surface area contributed by atoms with Crippen LogP contribution in [0, 0.1) is 0 Å². The van der Waals surface area contributed by atoms with Crippen LogP contribution in [0.1, 0.15) is 46.4 Å². The van der Waals surface area contributed by atoms with Crippen molar-refractivity contribution in [1.29, 1.82) is 0 Å². The molecular formula is C15H23BN2O5S. The maximum atomic E-state index is 11.5. The highest BCUT2D eigenvalue weighted by atomic mass is 32.2. The van der Waals surface area contributed by atoms with E-state index in [9.17, 15) is 13.5 Å². The molecule has 0 saturated carbocycles. The van der Waals surface area contributed by atoms with Crippen molar-refractivity contribution in [3.63, 3.8) is 0 Å². The summed E-state index contributed by atoms with van der Waals surface area (Å²) in [6.07, 6.45) is 3.38. The van der Waals surface area contributed by atoms with Gasteiger partial charge in [0.25, 0.3) is 0 Å². The molecule has 0 spiro atoms. The minimum absolute atomic E-state index is 0.0498. The molecule has 1 aromatic heterocycles. The topological polar surface area (TPSA) is 98.6 Å². The molecule has 2 saturated heterocycles. The molecule has 3 heterocycles. The summed E-state index contributed by atoms with van der Waals surface area (Å²) in [5.74, 6) is 0.148. The van der Waals surface area contributed by atoms with Gasteiger partial charge in [0.2, 0.25) is 0 Å². The van der Waals surface area contributed by atoms with Crippen molar-refractivity contribution in [3.8, 4) is 0 Å². The summed E-state index contributed by atoms with van der Waals surface area (Å²) in [5.41, 5.74) is -1.53. The summed E-state index contributed by atoms with van der Waals surface area (Å²) in [4.78, 5) is 8.49. The van der Waals surface area contributed by atoms with Gasteiger partial charge in [-0.1, -0.05) is 0 Å². The Kier molecular flexibility index (Phi) is 4.07. The first-order chi connectivity index (χ1) is 10.9. The first kappa shape index (κ1) is 17.8. The summed E-state index contributed by atoms with van der Waals surface area (Å²) in [6.45, 7) is 7.86. The van der Waals surface area contributed by atoms with Gasteiger partial charge in [-0.05, 0) is 40.5 Å². The van der Waals surface area contributed by atoms with Crippen molar-refractivity contribution < 1.29 is 22.8 Å². The van der Waals surface area contributed by atoms with Crippen LogP contribution in [0.5, 0.6) is 0 Å². The standard InChI is InChI=1S/C15H23BN2O5S/c1-13(2)14(3,4)23-16(22-13)11-9-17-12(18-10-11)15(19)5-7-24(20,21)8-6-15/h9-10,19H,5-8H2,1-4H3. The molecule has 9 heteroatoms. The number of nitrogens with zero attached hydrogens (tertiary/aromatic N) is 2. The predicted octanol–water partition coefficient (Wildman–Crippen LogP) is 0.172. The number of aliphatic hydroxyl groups is 1. The largest absolute Gasteiger partial charge is 0.498 e. The molecular weight excluding hydrogens is 331 g/mol. The zero-order valence-corrected chi connectivity index (χ0v) is 15.3. The van der Waals surface area contributed by atoms with Crippen molar-refractivity contribution in [2.75, 3.05) is 11.5 Å². The molecule has 0 bridgehead atoms. The van der Waals surface area contributed by atoms with Crippen LogP contribution < -0.4 is 5.46 Å². The van der Waals surface area contributed by atoms with Crippen LogP contribution in [0.25, 0.3) is 0 Å². The van der Waals surface area contributed by atoms with Crippen molar-refractivity contribution in [3.05, 3.63) is 18.2 Å². The second-order valence-electron chi connectivity index (χ2n) is 7.61. The Hall–Kier alpha value is -1.03. The van der Waals surface area contributed by atoms with Gasteiger partial charge in [-0.25, -0.2) is 18.4 Å². The highest BCUT2D eigenvalue weighted by molar-refractivity contribution is 7.91. The quantitative estimate of drug-likeness (QED) is 0.756. The van der Waals surface area contributed by atoms with Crippen molar-refractivity contribution >= 4 is 22.4 Å². The lowest BCUT2D eigenvalue weighted by atomic mass is 9.81. The second-order valence-corrected chi connectivity index (χ2v) is 9.92. The summed E-state index contributed by atoms with van der Waals surface area (Å²) in [6, 6.07) is 0. The van der Waals surface area contributed by atoms with Gasteiger partial charge in [0, 0.05) is 17.9 Å². The van der Waals surface area contributed by atoms with Crippen LogP contribution in [0.15, 0.2) is 12.4 Å². The van der Waals surface area contributed by atoms with Crippen LogP contribution >= 0.6 is 0 Å². The van der Waals surface area contributed by atoms with E-state index >= 15 is 0 Å². The fourth-order valence-corrected chi connectivity index (χ4v) is 4.28. The van der Waals surface area contributed by atoms with E-state index in [1.54, 1.807) is 12.4 Å². The third kappa shape index (κ3) is 3.10. The Labute approximate surface area is 142 Å². The van der Waals surface area contributed by atoms with Gasteiger partial charge in [-0.2, -0.15) is 0 Å². The molecule has 0 amide bonds. The van der Waals surface area contributed by atoms with E-state index in [0.29, 0.717) is 5.46 Å². The number of aromatic nitrogens is 2. The highest BCUT2D eigenvalue weighted by Crippen LogP contribution is 2.36. The van der Waals surface area contributed by atoms with Crippen molar-refractivity contribution in [2.45, 2.75) is 57.3 Å².